The van der Waals surface area contributed by atoms with E-state index in [9.17, 15) is 14.3 Å². The van der Waals surface area contributed by atoms with Crippen LogP contribution in [0, 0.1) is 0 Å². The molecule has 0 aromatic rings. The monoisotopic (exact) mass is 956 g/mol. The Morgan fingerprint density at radius 3 is 1.31 bits per heavy atom. The van der Waals surface area contributed by atoms with Crippen molar-refractivity contribution < 1.29 is 37.3 Å². The first-order chi connectivity index (χ1) is 32.6. The Bertz CT molecular complexity index is 1390. The van der Waals surface area contributed by atoms with E-state index in [0.29, 0.717) is 24.1 Å². The molecule has 386 valence electrons. The molecule has 0 saturated carbocycles. The van der Waals surface area contributed by atoms with Gasteiger partial charge in [-0.15, -0.1) is 0 Å². The summed E-state index contributed by atoms with van der Waals surface area (Å²) in [5.41, 5.74) is 0. The number of phosphoric acid groups is 1. The Morgan fingerprint density at radius 2 is 0.866 bits per heavy atom. The maximum absolute atomic E-state index is 12.8. The minimum absolute atomic E-state index is 0.0154. The quantitative estimate of drug-likeness (QED) is 0.0197. The van der Waals surface area contributed by atoms with Gasteiger partial charge in [-0.2, -0.15) is 0 Å². The average Bonchev–Trinajstić information content (AvgIpc) is 3.29. The van der Waals surface area contributed by atoms with Gasteiger partial charge >= 0.3 is 5.97 Å². The summed E-state index contributed by atoms with van der Waals surface area (Å²) in [4.78, 5) is 25.2. The molecule has 0 aliphatic carbocycles. The molecule has 2 atom stereocenters. The number of nitrogens with zero attached hydrogens (tertiary/aromatic N) is 1. The normalized spacial score (nSPS) is 14.3. The third-order valence-corrected chi connectivity index (χ3v) is 12.1. The number of hydrogen-bond donors (Lipinski definition) is 0. The van der Waals surface area contributed by atoms with Gasteiger partial charge in [0.05, 0.1) is 34.4 Å². The second-order valence-corrected chi connectivity index (χ2v) is 20.3. The van der Waals surface area contributed by atoms with Crippen LogP contribution in [0.2, 0.25) is 0 Å². The number of allylic oxidation sites excluding steroid dienone is 16. The molecule has 0 aliphatic heterocycles. The number of carbonyl (C=O) groups is 1. The minimum atomic E-state index is -4.55. The summed E-state index contributed by atoms with van der Waals surface area (Å²) in [6.45, 7) is 5.22. The Labute approximate surface area is 413 Å². The molecule has 0 fully saturated rings. The summed E-state index contributed by atoms with van der Waals surface area (Å²) in [5.74, 6) is -0.348. The van der Waals surface area contributed by atoms with Gasteiger partial charge in [0.2, 0.25) is 0 Å². The van der Waals surface area contributed by atoms with Crippen LogP contribution >= 0.6 is 7.82 Å². The van der Waals surface area contributed by atoms with Gasteiger partial charge in [0.15, 0.2) is 0 Å². The molecular weight excluding hydrogens is 854 g/mol. The highest BCUT2D eigenvalue weighted by Gasteiger charge is 2.20. The Morgan fingerprint density at radius 1 is 0.478 bits per heavy atom. The van der Waals surface area contributed by atoms with Gasteiger partial charge in [0, 0.05) is 13.0 Å². The Kier molecular flexibility index (Phi) is 47.9. The lowest BCUT2D eigenvalue weighted by atomic mass is 10.1. The first-order valence-corrected chi connectivity index (χ1v) is 28.4. The number of likely N-dealkylation sites (N-methyl/N-ethyl adjacent to an activating group) is 1. The highest BCUT2D eigenvalue weighted by molar-refractivity contribution is 7.45. The van der Waals surface area contributed by atoms with Crippen LogP contribution in [0.1, 0.15) is 206 Å². The second-order valence-electron chi connectivity index (χ2n) is 18.9. The van der Waals surface area contributed by atoms with Crippen molar-refractivity contribution >= 4 is 13.8 Å². The van der Waals surface area contributed by atoms with Crippen molar-refractivity contribution in [2.45, 2.75) is 213 Å². The summed E-state index contributed by atoms with van der Waals surface area (Å²) in [7, 11) is 1.33. The molecule has 0 rings (SSSR count). The lowest BCUT2D eigenvalue weighted by Gasteiger charge is -2.28. The molecule has 9 heteroatoms. The van der Waals surface area contributed by atoms with E-state index in [1.165, 1.54) is 89.9 Å². The number of ether oxygens (including phenoxy) is 2. The number of quaternary nitrogens is 1. The Balaban J connectivity index is 4.21. The van der Waals surface area contributed by atoms with E-state index in [0.717, 1.165) is 96.3 Å². The third kappa shape index (κ3) is 54.2. The summed E-state index contributed by atoms with van der Waals surface area (Å²) >= 11 is 0. The first kappa shape index (κ1) is 64.4. The van der Waals surface area contributed by atoms with Crippen molar-refractivity contribution in [2.75, 3.05) is 54.1 Å². The van der Waals surface area contributed by atoms with Crippen LogP contribution < -0.4 is 4.89 Å². The molecule has 0 heterocycles. The van der Waals surface area contributed by atoms with Crippen molar-refractivity contribution in [2.24, 2.45) is 0 Å². The third-order valence-electron chi connectivity index (χ3n) is 11.1. The molecule has 67 heavy (non-hydrogen) atoms. The largest absolute Gasteiger partial charge is 0.756 e. The van der Waals surface area contributed by atoms with Gasteiger partial charge < -0.3 is 27.9 Å². The topological polar surface area (TPSA) is 94.1 Å². The zero-order valence-corrected chi connectivity index (χ0v) is 44.7. The maximum Gasteiger partial charge on any atom is 0.306 e. The van der Waals surface area contributed by atoms with Crippen LogP contribution in [0.3, 0.4) is 0 Å². The van der Waals surface area contributed by atoms with Gasteiger partial charge in [0.1, 0.15) is 19.3 Å². The van der Waals surface area contributed by atoms with E-state index in [-0.39, 0.29) is 25.8 Å². The minimum Gasteiger partial charge on any atom is -0.756 e. The molecule has 8 nitrogen and oxygen atoms in total. The smallest absolute Gasteiger partial charge is 0.306 e. The van der Waals surface area contributed by atoms with E-state index < -0.39 is 13.9 Å². The zero-order valence-electron chi connectivity index (χ0n) is 43.8. The lowest BCUT2D eigenvalue weighted by molar-refractivity contribution is -0.870. The van der Waals surface area contributed by atoms with E-state index in [1.807, 2.05) is 21.1 Å². The highest BCUT2D eigenvalue weighted by atomic mass is 31.2. The molecular formula is C58H102NO7P. The summed E-state index contributed by atoms with van der Waals surface area (Å²) in [6, 6.07) is 0. The maximum atomic E-state index is 12.8. The van der Waals surface area contributed by atoms with Crippen LogP contribution in [0.4, 0.5) is 0 Å². The van der Waals surface area contributed by atoms with Crippen molar-refractivity contribution in [3.8, 4) is 0 Å². The fraction of sp³-hybridized carbons (Fsp3) is 0.707. The molecule has 0 spiro atoms. The predicted octanol–water partition coefficient (Wildman–Crippen LogP) is 16.3. The van der Waals surface area contributed by atoms with Crippen LogP contribution in [-0.2, 0) is 27.9 Å². The summed E-state index contributed by atoms with van der Waals surface area (Å²) in [6.07, 6.45) is 68.6. The van der Waals surface area contributed by atoms with Crippen LogP contribution in [0.5, 0.6) is 0 Å². The van der Waals surface area contributed by atoms with Crippen LogP contribution in [0.25, 0.3) is 0 Å². The molecule has 0 aromatic heterocycles. The van der Waals surface area contributed by atoms with E-state index in [1.54, 1.807) is 0 Å². The molecule has 0 aliphatic rings. The Hall–Kier alpha value is -2.58. The number of rotatable bonds is 49. The fourth-order valence-corrected chi connectivity index (χ4v) is 7.72. The van der Waals surface area contributed by atoms with Crippen molar-refractivity contribution in [1.82, 2.24) is 0 Å². The first-order valence-electron chi connectivity index (χ1n) is 27.0. The van der Waals surface area contributed by atoms with Gasteiger partial charge in [-0.1, -0.05) is 201 Å². The average molecular weight is 956 g/mol. The van der Waals surface area contributed by atoms with Crippen molar-refractivity contribution in [1.29, 1.82) is 0 Å². The van der Waals surface area contributed by atoms with E-state index >= 15 is 0 Å². The van der Waals surface area contributed by atoms with Crippen molar-refractivity contribution in [3.63, 3.8) is 0 Å². The summed E-state index contributed by atoms with van der Waals surface area (Å²) in [5, 5.41) is 0. The second kappa shape index (κ2) is 49.8. The zero-order chi connectivity index (χ0) is 49.0. The molecule has 0 bridgehead atoms. The molecule has 0 N–H and O–H groups in total. The van der Waals surface area contributed by atoms with Crippen LogP contribution in [0.15, 0.2) is 97.2 Å². The SMILES string of the molecule is CC/C=C\C/C=C\C/C=C\C/C=C\C/C=C\C/C=C\C/C=C\CCCCCCOCC(COP(=O)([O-])OCC[N+](C)(C)C)OC(=O)CCCCCCCCCCC/C=C\CCCCCCCC. The van der Waals surface area contributed by atoms with Gasteiger partial charge in [0.25, 0.3) is 7.82 Å². The summed E-state index contributed by atoms with van der Waals surface area (Å²) < 4.78 is 34.7. The molecule has 0 amide bonds. The molecule has 0 aromatic carbocycles. The van der Waals surface area contributed by atoms with Gasteiger partial charge in [-0.25, -0.2) is 0 Å². The number of hydrogen-bond acceptors (Lipinski definition) is 7. The highest BCUT2D eigenvalue weighted by Crippen LogP contribution is 2.38. The fourth-order valence-electron chi connectivity index (χ4n) is 6.99. The predicted molar refractivity (Wildman–Crippen MR) is 286 cm³/mol. The number of unbranched alkanes of at least 4 members (excludes halogenated alkanes) is 19. The van der Waals surface area contributed by atoms with E-state index in [4.69, 9.17) is 18.5 Å². The number of phosphoric ester groups is 1. The van der Waals surface area contributed by atoms with Gasteiger partial charge in [-0.05, 0) is 96.3 Å². The van der Waals surface area contributed by atoms with Crippen molar-refractivity contribution in [3.05, 3.63) is 97.2 Å². The number of carbonyl (C=O) groups excluding carboxylic acids is 1. The number of esters is 1. The molecule has 2 unspecified atom stereocenters. The molecule has 0 saturated heterocycles. The molecule has 0 radical (unpaired) electrons. The lowest BCUT2D eigenvalue weighted by Crippen LogP contribution is -2.37. The van der Waals surface area contributed by atoms with Gasteiger partial charge in [-0.3, -0.25) is 9.36 Å². The van der Waals surface area contributed by atoms with Crippen LogP contribution in [-0.4, -0.2) is 70.7 Å². The standard InChI is InChI=1S/C58H102NO7P/c1-6-8-10-12-14-16-18-20-22-24-26-27-28-29-30-31-32-34-36-38-40-42-44-46-48-50-53-63-55-57(56-65-67(61,62)64-54-52-59(3,4)5)66-58(60)51-49-47-45-43-41-39-37-35-33-25-23-21-19-17-15-13-11-9-7-2/h8,10,14,16,20-23,26-27,29-30,32,34,38,40,57H,6-7,9,11-13,15,17-19,24-25,28,31,33,35-37,39,41-56H2,1-5H3/b10-8-,16-14-,22-20-,23-21-,27-26-,30-29-,34-32-,40-38-. The van der Waals surface area contributed by atoms with E-state index in [2.05, 4.69) is 111 Å².